The highest BCUT2D eigenvalue weighted by molar-refractivity contribution is 6.43. The maximum atomic E-state index is 13.7. The second-order valence-corrected chi connectivity index (χ2v) is 10.1. The van der Waals surface area contributed by atoms with Crippen LogP contribution in [0, 0.1) is 11.3 Å². The van der Waals surface area contributed by atoms with Crippen molar-refractivity contribution in [3.8, 4) is 6.07 Å². The lowest BCUT2D eigenvalue weighted by molar-refractivity contribution is -0.129. The molecule has 0 unspecified atom stereocenters. The summed E-state index contributed by atoms with van der Waals surface area (Å²) in [5.41, 5.74) is -0.283. The Balaban J connectivity index is 1.59. The van der Waals surface area contributed by atoms with Gasteiger partial charge in [0.05, 0.1) is 19.0 Å². The van der Waals surface area contributed by atoms with Gasteiger partial charge >= 0.3 is 13.2 Å². The molecule has 1 aromatic rings. The molecular weight excluding hydrogens is 485 g/mol. The number of nitriles is 1. The number of rotatable bonds is 8. The predicted molar refractivity (Wildman–Crippen MR) is 132 cm³/mol. The molecular formula is C25H33BF2N4O5. The average molecular weight is 518 g/mol. The van der Waals surface area contributed by atoms with E-state index in [4.69, 9.17) is 4.74 Å². The Labute approximate surface area is 215 Å². The summed E-state index contributed by atoms with van der Waals surface area (Å²) in [6.45, 7) is 3.50. The number of hydrogen-bond donors (Lipinski definition) is 3. The number of alkyl carbamates (subject to hydrolysis) is 1. The van der Waals surface area contributed by atoms with E-state index in [-0.39, 0.29) is 31.5 Å². The van der Waals surface area contributed by atoms with Crippen LogP contribution in [0.3, 0.4) is 0 Å². The van der Waals surface area contributed by atoms with Crippen LogP contribution in [-0.2, 0) is 16.0 Å². The summed E-state index contributed by atoms with van der Waals surface area (Å²) in [6, 6.07) is 10.9. The van der Waals surface area contributed by atoms with Gasteiger partial charge in [-0.25, -0.2) is 13.6 Å². The number of alkyl halides is 2. The van der Waals surface area contributed by atoms with Gasteiger partial charge in [0.15, 0.2) is 0 Å². The van der Waals surface area contributed by atoms with Crippen LogP contribution in [-0.4, -0.2) is 88.7 Å². The van der Waals surface area contributed by atoms with Crippen molar-refractivity contribution >= 4 is 19.1 Å². The number of nitrogens with zero attached hydrogens (tertiary/aromatic N) is 3. The highest BCUT2D eigenvalue weighted by Gasteiger charge is 2.43. The van der Waals surface area contributed by atoms with Crippen LogP contribution in [0.1, 0.15) is 38.7 Å². The van der Waals surface area contributed by atoms with E-state index in [0.29, 0.717) is 19.4 Å². The minimum absolute atomic E-state index is 0.0541. The van der Waals surface area contributed by atoms with Crippen LogP contribution in [0.4, 0.5) is 13.6 Å². The highest BCUT2D eigenvalue weighted by atomic mass is 19.3. The van der Waals surface area contributed by atoms with E-state index in [2.05, 4.69) is 5.32 Å². The minimum atomic E-state index is -2.80. The number of halogens is 2. The Hall–Kier alpha value is -3.01. The summed E-state index contributed by atoms with van der Waals surface area (Å²) >= 11 is 0. The molecule has 2 saturated heterocycles. The number of amides is 2. The van der Waals surface area contributed by atoms with Gasteiger partial charge in [0, 0.05) is 25.0 Å². The molecule has 0 radical (unpaired) electrons. The molecule has 2 aliphatic rings. The lowest BCUT2D eigenvalue weighted by Crippen LogP contribution is -2.50. The maximum Gasteiger partial charge on any atom is 0.475 e. The van der Waals surface area contributed by atoms with Gasteiger partial charge in [0.2, 0.25) is 0 Å². The molecule has 0 aromatic heterocycles. The lowest BCUT2D eigenvalue weighted by atomic mass is 9.76. The van der Waals surface area contributed by atoms with Crippen LogP contribution >= 0.6 is 0 Å². The van der Waals surface area contributed by atoms with E-state index in [9.17, 15) is 33.7 Å². The summed E-state index contributed by atoms with van der Waals surface area (Å²) in [4.78, 5) is 28.5. The van der Waals surface area contributed by atoms with Crippen molar-refractivity contribution in [2.75, 3.05) is 26.2 Å². The summed E-state index contributed by atoms with van der Waals surface area (Å²) in [6.07, 6.45) is 0.842. The standard InChI is InChI=1S/C25H33BF2N4O5/c1-24(2,32-12-10-25(27,28)17-32)14-19(15-29)22(33)31-11-6-9-20(16-31)37-23(34)30-21(26(35)36)13-18-7-4-3-5-8-18/h3-5,7-8,14,20-21,35-36H,6,9-13,16-17H2,1-2H3,(H,30,34)/t20-,21-/m0/s1. The third-order valence-electron chi connectivity index (χ3n) is 6.73. The van der Waals surface area contributed by atoms with Crippen LogP contribution in [0.25, 0.3) is 0 Å². The van der Waals surface area contributed by atoms with Gasteiger partial charge in [0.1, 0.15) is 17.7 Å². The SMILES string of the molecule is CC(C)(C=C(C#N)C(=O)N1CCC[C@H](OC(=O)N[C@@H](Cc2ccccc2)B(O)O)C1)N1CCC(F)(F)C1. The van der Waals surface area contributed by atoms with Gasteiger partial charge in [-0.05, 0) is 44.7 Å². The Morgan fingerprint density at radius 2 is 2.03 bits per heavy atom. The smallest absolute Gasteiger partial charge is 0.444 e. The molecule has 2 atom stereocenters. The average Bonchev–Trinajstić information content (AvgIpc) is 3.23. The zero-order chi connectivity index (χ0) is 27.2. The molecule has 12 heteroatoms. The van der Waals surface area contributed by atoms with Crippen molar-refractivity contribution in [3.63, 3.8) is 0 Å². The summed E-state index contributed by atoms with van der Waals surface area (Å²) < 4.78 is 32.8. The quantitative estimate of drug-likeness (QED) is 0.273. The molecule has 3 N–H and O–H groups in total. The van der Waals surface area contributed by atoms with Crippen molar-refractivity contribution in [1.29, 1.82) is 5.26 Å². The molecule has 2 fully saturated rings. The van der Waals surface area contributed by atoms with Gasteiger partial charge in [-0.2, -0.15) is 5.26 Å². The predicted octanol–water partition coefficient (Wildman–Crippen LogP) is 1.90. The van der Waals surface area contributed by atoms with Gasteiger partial charge < -0.3 is 25.0 Å². The molecule has 9 nitrogen and oxygen atoms in total. The first-order valence-electron chi connectivity index (χ1n) is 12.3. The molecule has 0 saturated carbocycles. The van der Waals surface area contributed by atoms with Crippen LogP contribution < -0.4 is 5.32 Å². The van der Waals surface area contributed by atoms with E-state index >= 15 is 0 Å². The monoisotopic (exact) mass is 518 g/mol. The van der Waals surface area contributed by atoms with E-state index in [1.165, 1.54) is 11.0 Å². The lowest BCUT2D eigenvalue weighted by Gasteiger charge is -2.35. The minimum Gasteiger partial charge on any atom is -0.444 e. The van der Waals surface area contributed by atoms with E-state index in [1.54, 1.807) is 43.0 Å². The highest BCUT2D eigenvalue weighted by Crippen LogP contribution is 2.33. The number of ether oxygens (including phenoxy) is 1. The first-order chi connectivity index (χ1) is 17.4. The zero-order valence-electron chi connectivity index (χ0n) is 21.1. The molecule has 2 aliphatic heterocycles. The molecule has 200 valence electrons. The van der Waals surface area contributed by atoms with Crippen LogP contribution in [0.15, 0.2) is 42.0 Å². The molecule has 2 amide bonds. The molecule has 3 rings (SSSR count). The van der Waals surface area contributed by atoms with Crippen molar-refractivity contribution in [2.24, 2.45) is 0 Å². The molecule has 0 aliphatic carbocycles. The third-order valence-corrected chi connectivity index (χ3v) is 6.73. The zero-order valence-corrected chi connectivity index (χ0v) is 21.1. The van der Waals surface area contributed by atoms with E-state index in [0.717, 1.165) is 5.56 Å². The normalized spacial score (nSPS) is 21.2. The second kappa shape index (κ2) is 12.0. The first-order valence-corrected chi connectivity index (χ1v) is 12.3. The fourth-order valence-corrected chi connectivity index (χ4v) is 4.64. The summed E-state index contributed by atoms with van der Waals surface area (Å²) in [5, 5.41) is 31.5. The number of likely N-dealkylation sites (tertiary alicyclic amines) is 2. The third kappa shape index (κ3) is 7.99. The number of hydrogen-bond acceptors (Lipinski definition) is 7. The summed E-state index contributed by atoms with van der Waals surface area (Å²) in [5.74, 6) is -4.35. The molecule has 0 bridgehead atoms. The van der Waals surface area contributed by atoms with Gasteiger partial charge in [-0.1, -0.05) is 30.3 Å². The van der Waals surface area contributed by atoms with Gasteiger partial charge in [-0.15, -0.1) is 0 Å². The number of piperidine rings is 1. The van der Waals surface area contributed by atoms with E-state index in [1.807, 2.05) is 12.1 Å². The Kier molecular flexibility index (Phi) is 9.28. The topological polar surface area (TPSA) is 126 Å². The van der Waals surface area contributed by atoms with E-state index < -0.39 is 49.2 Å². The van der Waals surface area contributed by atoms with Crippen molar-refractivity contribution < 1.29 is 33.2 Å². The van der Waals surface area contributed by atoms with Crippen molar-refractivity contribution in [3.05, 3.63) is 47.5 Å². The molecule has 37 heavy (non-hydrogen) atoms. The van der Waals surface area contributed by atoms with Crippen molar-refractivity contribution in [1.82, 2.24) is 15.1 Å². The first kappa shape index (κ1) is 28.6. The molecule has 1 aromatic carbocycles. The van der Waals surface area contributed by atoms with Crippen molar-refractivity contribution in [2.45, 2.75) is 63.0 Å². The maximum absolute atomic E-state index is 13.7. The Morgan fingerprint density at radius 3 is 2.62 bits per heavy atom. The fourth-order valence-electron chi connectivity index (χ4n) is 4.64. The molecule has 2 heterocycles. The number of nitrogens with one attached hydrogen (secondary N) is 1. The number of carbonyl (C=O) groups excluding carboxylic acids is 2. The number of benzene rings is 1. The second-order valence-electron chi connectivity index (χ2n) is 10.1. The van der Waals surface area contributed by atoms with Gasteiger partial charge in [-0.3, -0.25) is 9.69 Å². The fraction of sp³-hybridized carbons (Fsp3) is 0.560. The number of carbonyl (C=O) groups is 2. The van der Waals surface area contributed by atoms with Crippen LogP contribution in [0.2, 0.25) is 0 Å². The largest absolute Gasteiger partial charge is 0.475 e. The molecule has 0 spiro atoms. The van der Waals surface area contributed by atoms with Crippen LogP contribution in [0.5, 0.6) is 0 Å². The Morgan fingerprint density at radius 1 is 1.32 bits per heavy atom. The summed E-state index contributed by atoms with van der Waals surface area (Å²) in [7, 11) is -1.81. The Bertz CT molecular complexity index is 1030. The van der Waals surface area contributed by atoms with Gasteiger partial charge in [0.25, 0.3) is 11.8 Å².